The van der Waals surface area contributed by atoms with Crippen LogP contribution in [0.5, 0.6) is 0 Å². The summed E-state index contributed by atoms with van der Waals surface area (Å²) in [5.74, 6) is -0.993. The molecule has 0 bridgehead atoms. The van der Waals surface area contributed by atoms with Crippen molar-refractivity contribution in [3.8, 4) is 0 Å². The predicted molar refractivity (Wildman–Crippen MR) is 94.1 cm³/mol. The average Bonchev–Trinajstić information content (AvgIpc) is 2.50. The van der Waals surface area contributed by atoms with E-state index >= 15 is 0 Å². The van der Waals surface area contributed by atoms with E-state index in [-0.39, 0.29) is 24.8 Å². The van der Waals surface area contributed by atoms with Gasteiger partial charge in [0.15, 0.2) is 0 Å². The minimum absolute atomic E-state index is 0.0519. The number of carbonyl (C=O) groups excluding carboxylic acids is 2. The number of hydrogen-bond acceptors (Lipinski definition) is 2. The topological polar surface area (TPSA) is 49.4 Å². The molecule has 4 nitrogen and oxygen atoms in total. The van der Waals surface area contributed by atoms with Crippen LogP contribution in [0, 0.1) is 5.82 Å². The summed E-state index contributed by atoms with van der Waals surface area (Å²) in [6, 6.07) is 10.4. The van der Waals surface area contributed by atoms with Gasteiger partial charge in [0.05, 0.1) is 10.0 Å². The second-order valence-corrected chi connectivity index (χ2v) is 5.89. The highest BCUT2D eigenvalue weighted by atomic mass is 35.5. The molecule has 0 aliphatic rings. The van der Waals surface area contributed by atoms with Gasteiger partial charge in [0.25, 0.3) is 0 Å². The molecule has 0 unspecified atom stereocenters. The molecule has 0 aliphatic carbocycles. The molecular weight excluding hydrogens is 354 g/mol. The van der Waals surface area contributed by atoms with Crippen LogP contribution >= 0.6 is 23.2 Å². The minimum Gasteiger partial charge on any atom is -0.326 e. The molecule has 7 heteroatoms. The van der Waals surface area contributed by atoms with Crippen LogP contribution < -0.4 is 10.2 Å². The van der Waals surface area contributed by atoms with Crippen LogP contribution in [0.15, 0.2) is 42.5 Å². The molecule has 2 aromatic carbocycles. The van der Waals surface area contributed by atoms with Crippen LogP contribution in [0.1, 0.15) is 13.3 Å². The van der Waals surface area contributed by atoms with Gasteiger partial charge < -0.3 is 10.2 Å². The number of nitrogens with zero attached hydrogens (tertiary/aromatic N) is 1. The zero-order chi connectivity index (χ0) is 17.7. The van der Waals surface area contributed by atoms with Crippen molar-refractivity contribution in [1.29, 1.82) is 0 Å². The van der Waals surface area contributed by atoms with E-state index in [0.717, 1.165) is 0 Å². The Morgan fingerprint density at radius 1 is 1.12 bits per heavy atom. The van der Waals surface area contributed by atoms with Crippen LogP contribution in [-0.4, -0.2) is 18.4 Å². The average molecular weight is 369 g/mol. The summed E-state index contributed by atoms with van der Waals surface area (Å²) >= 11 is 11.8. The maximum atomic E-state index is 13.1. The van der Waals surface area contributed by atoms with E-state index in [9.17, 15) is 14.0 Å². The molecular formula is C17H15Cl2FN2O2. The summed E-state index contributed by atoms with van der Waals surface area (Å²) in [5.41, 5.74) is 0.916. The molecule has 0 fully saturated rings. The van der Waals surface area contributed by atoms with Crippen molar-refractivity contribution in [2.24, 2.45) is 0 Å². The lowest BCUT2D eigenvalue weighted by molar-refractivity contribution is -0.117. The second-order valence-electron chi connectivity index (χ2n) is 5.08. The molecule has 2 aromatic rings. The zero-order valence-corrected chi connectivity index (χ0v) is 14.4. The molecule has 0 aromatic heterocycles. The molecule has 126 valence electrons. The molecule has 0 saturated heterocycles. The van der Waals surface area contributed by atoms with Crippen LogP contribution in [0.2, 0.25) is 10.0 Å². The van der Waals surface area contributed by atoms with Gasteiger partial charge in [-0.25, -0.2) is 4.39 Å². The van der Waals surface area contributed by atoms with E-state index in [2.05, 4.69) is 5.32 Å². The van der Waals surface area contributed by atoms with Gasteiger partial charge in [0, 0.05) is 31.3 Å². The van der Waals surface area contributed by atoms with Crippen molar-refractivity contribution in [2.75, 3.05) is 16.8 Å². The summed E-state index contributed by atoms with van der Waals surface area (Å²) in [6.07, 6.45) is 0.0519. The Morgan fingerprint density at radius 2 is 1.88 bits per heavy atom. The van der Waals surface area contributed by atoms with E-state index in [0.29, 0.717) is 21.4 Å². The summed E-state index contributed by atoms with van der Waals surface area (Å²) in [5, 5.41) is 3.29. The highest BCUT2D eigenvalue weighted by Gasteiger charge is 2.15. The fourth-order valence-corrected chi connectivity index (χ4v) is 2.42. The van der Waals surface area contributed by atoms with E-state index < -0.39 is 5.82 Å². The highest BCUT2D eigenvalue weighted by molar-refractivity contribution is 6.42. The van der Waals surface area contributed by atoms with Crippen molar-refractivity contribution >= 4 is 46.4 Å². The molecule has 0 saturated carbocycles. The molecule has 1 N–H and O–H groups in total. The minimum atomic E-state index is -0.436. The van der Waals surface area contributed by atoms with Gasteiger partial charge in [-0.2, -0.15) is 0 Å². The van der Waals surface area contributed by atoms with Gasteiger partial charge >= 0.3 is 0 Å². The Labute approximate surface area is 149 Å². The maximum absolute atomic E-state index is 13.1. The summed E-state index contributed by atoms with van der Waals surface area (Å²) < 4.78 is 13.1. The SMILES string of the molecule is CC(=O)N(CCC(=O)Nc1cccc(F)c1)c1ccc(Cl)c(Cl)c1. The summed E-state index contributed by atoms with van der Waals surface area (Å²) in [4.78, 5) is 25.2. The fraction of sp³-hybridized carbons (Fsp3) is 0.176. The third-order valence-corrected chi connectivity index (χ3v) is 4.00. The number of hydrogen-bond donors (Lipinski definition) is 1. The molecule has 2 amide bonds. The van der Waals surface area contributed by atoms with Crippen LogP contribution in [0.25, 0.3) is 0 Å². The van der Waals surface area contributed by atoms with Crippen molar-refractivity contribution in [2.45, 2.75) is 13.3 Å². The van der Waals surface area contributed by atoms with Crippen molar-refractivity contribution < 1.29 is 14.0 Å². The first-order valence-corrected chi connectivity index (χ1v) is 7.91. The van der Waals surface area contributed by atoms with Gasteiger partial charge in [-0.3, -0.25) is 9.59 Å². The van der Waals surface area contributed by atoms with Crippen LogP contribution in [-0.2, 0) is 9.59 Å². The molecule has 0 heterocycles. The smallest absolute Gasteiger partial charge is 0.226 e. The third kappa shape index (κ3) is 4.94. The number of rotatable bonds is 5. The third-order valence-electron chi connectivity index (χ3n) is 3.27. The summed E-state index contributed by atoms with van der Waals surface area (Å²) in [6.45, 7) is 1.56. The Kier molecular flexibility index (Phi) is 6.17. The first-order chi connectivity index (χ1) is 11.4. The molecule has 0 aliphatic heterocycles. The van der Waals surface area contributed by atoms with Crippen molar-refractivity contribution in [3.05, 3.63) is 58.3 Å². The van der Waals surface area contributed by atoms with Gasteiger partial charge in [0.2, 0.25) is 11.8 Å². The lowest BCUT2D eigenvalue weighted by atomic mass is 10.2. The van der Waals surface area contributed by atoms with Crippen molar-refractivity contribution in [3.63, 3.8) is 0 Å². The molecule has 0 radical (unpaired) electrons. The Balaban J connectivity index is 2.02. The first-order valence-electron chi connectivity index (χ1n) is 7.15. The van der Waals surface area contributed by atoms with Gasteiger partial charge in [-0.05, 0) is 36.4 Å². The highest BCUT2D eigenvalue weighted by Crippen LogP contribution is 2.27. The monoisotopic (exact) mass is 368 g/mol. The Morgan fingerprint density at radius 3 is 2.50 bits per heavy atom. The number of anilines is 2. The first kappa shape index (κ1) is 18.2. The normalized spacial score (nSPS) is 10.3. The molecule has 0 spiro atoms. The number of halogens is 3. The fourth-order valence-electron chi connectivity index (χ4n) is 2.12. The van der Waals surface area contributed by atoms with Gasteiger partial charge in [-0.1, -0.05) is 29.3 Å². The molecule has 24 heavy (non-hydrogen) atoms. The van der Waals surface area contributed by atoms with E-state index in [4.69, 9.17) is 23.2 Å². The zero-order valence-electron chi connectivity index (χ0n) is 12.9. The standard InChI is InChI=1S/C17H15Cl2FN2O2/c1-11(23)22(14-5-6-15(18)16(19)10-14)8-7-17(24)21-13-4-2-3-12(20)9-13/h2-6,9-10H,7-8H2,1H3,(H,21,24). The molecule has 2 rings (SSSR count). The van der Waals surface area contributed by atoms with Gasteiger partial charge in [-0.15, -0.1) is 0 Å². The quantitative estimate of drug-likeness (QED) is 0.843. The van der Waals surface area contributed by atoms with Gasteiger partial charge in [0.1, 0.15) is 5.82 Å². The number of benzene rings is 2. The second kappa shape index (κ2) is 8.13. The van der Waals surface area contributed by atoms with Crippen molar-refractivity contribution in [1.82, 2.24) is 0 Å². The maximum Gasteiger partial charge on any atom is 0.226 e. The van der Waals surface area contributed by atoms with E-state index in [1.165, 1.54) is 30.0 Å². The van der Waals surface area contributed by atoms with Crippen LogP contribution in [0.4, 0.5) is 15.8 Å². The van der Waals surface area contributed by atoms with Crippen LogP contribution in [0.3, 0.4) is 0 Å². The Hall–Kier alpha value is -2.11. The summed E-state index contributed by atoms with van der Waals surface area (Å²) in [7, 11) is 0. The number of carbonyl (C=O) groups is 2. The number of amides is 2. The Bertz CT molecular complexity index is 768. The van der Waals surface area contributed by atoms with E-state index in [1.54, 1.807) is 24.3 Å². The largest absolute Gasteiger partial charge is 0.326 e. The van der Waals surface area contributed by atoms with E-state index in [1.807, 2.05) is 0 Å². The lowest BCUT2D eigenvalue weighted by Gasteiger charge is -2.21. The number of nitrogens with one attached hydrogen (secondary N) is 1. The predicted octanol–water partition coefficient (Wildman–Crippen LogP) is 4.51. The molecule has 0 atom stereocenters. The lowest BCUT2D eigenvalue weighted by Crippen LogP contribution is -2.31.